The second-order valence-electron chi connectivity index (χ2n) is 5.85. The molecule has 0 aromatic heterocycles. The van der Waals surface area contributed by atoms with Crippen molar-refractivity contribution in [2.24, 2.45) is 5.92 Å². The van der Waals surface area contributed by atoms with Crippen molar-refractivity contribution in [1.82, 2.24) is 9.80 Å². The van der Waals surface area contributed by atoms with Crippen molar-refractivity contribution in [3.8, 4) is 0 Å². The average Bonchev–Trinajstić information content (AvgIpc) is 2.80. The first-order valence-electron chi connectivity index (χ1n) is 7.24. The van der Waals surface area contributed by atoms with Gasteiger partial charge in [-0.05, 0) is 19.8 Å². The Labute approximate surface area is 120 Å². The molecule has 0 aliphatic heterocycles. The number of carboxylic acid groups (broad SMARTS) is 1. The molecule has 2 N–H and O–H groups in total. The van der Waals surface area contributed by atoms with Gasteiger partial charge in [0.2, 0.25) is 0 Å². The summed E-state index contributed by atoms with van der Waals surface area (Å²) < 4.78 is 0. The summed E-state index contributed by atoms with van der Waals surface area (Å²) in [6, 6.07) is -0.221. The highest BCUT2D eigenvalue weighted by molar-refractivity contribution is 5.76. The number of carbonyl (C=O) groups excluding carboxylic acids is 1. The third-order valence-corrected chi connectivity index (χ3v) is 3.96. The molecule has 20 heavy (non-hydrogen) atoms. The highest BCUT2D eigenvalue weighted by Gasteiger charge is 2.34. The number of amides is 2. The van der Waals surface area contributed by atoms with E-state index in [1.807, 2.05) is 6.92 Å². The first kappa shape index (κ1) is 16.8. The molecule has 0 saturated heterocycles. The molecule has 1 atom stereocenters. The highest BCUT2D eigenvalue weighted by Crippen LogP contribution is 2.30. The van der Waals surface area contributed by atoms with Crippen molar-refractivity contribution in [1.29, 1.82) is 0 Å². The zero-order valence-corrected chi connectivity index (χ0v) is 12.6. The Hall–Kier alpha value is -1.30. The van der Waals surface area contributed by atoms with Gasteiger partial charge in [0.25, 0.3) is 0 Å². The van der Waals surface area contributed by atoms with Gasteiger partial charge in [0.1, 0.15) is 0 Å². The number of aliphatic hydroxyl groups is 1. The third-order valence-electron chi connectivity index (χ3n) is 3.96. The van der Waals surface area contributed by atoms with Gasteiger partial charge < -0.3 is 20.0 Å². The fourth-order valence-corrected chi connectivity index (χ4v) is 2.69. The molecule has 0 radical (unpaired) electrons. The number of rotatable bonds is 6. The molecule has 1 saturated carbocycles. The Kier molecular flexibility index (Phi) is 5.80. The summed E-state index contributed by atoms with van der Waals surface area (Å²) in [6.07, 6.45) is 3.43. The van der Waals surface area contributed by atoms with E-state index in [9.17, 15) is 14.7 Å². The zero-order chi connectivity index (χ0) is 15.3. The van der Waals surface area contributed by atoms with E-state index in [2.05, 4.69) is 0 Å². The Bertz CT molecular complexity index is 353. The van der Waals surface area contributed by atoms with E-state index in [0.717, 1.165) is 25.7 Å². The SMILES string of the molecule is CCN(CC(C)C(=O)O)C(=O)N(C)CC1(O)CCCC1. The van der Waals surface area contributed by atoms with Crippen molar-refractivity contribution in [3.63, 3.8) is 0 Å². The van der Waals surface area contributed by atoms with E-state index >= 15 is 0 Å². The summed E-state index contributed by atoms with van der Waals surface area (Å²) in [4.78, 5) is 26.2. The van der Waals surface area contributed by atoms with Crippen LogP contribution in [0.25, 0.3) is 0 Å². The number of carboxylic acids is 1. The third kappa shape index (κ3) is 4.37. The molecular weight excluding hydrogens is 260 g/mol. The van der Waals surface area contributed by atoms with Crippen molar-refractivity contribution in [2.75, 3.05) is 26.7 Å². The maximum atomic E-state index is 12.3. The molecule has 116 valence electrons. The number of hydrogen-bond donors (Lipinski definition) is 2. The smallest absolute Gasteiger partial charge is 0.319 e. The van der Waals surface area contributed by atoms with E-state index in [4.69, 9.17) is 5.11 Å². The van der Waals surface area contributed by atoms with E-state index in [0.29, 0.717) is 13.1 Å². The highest BCUT2D eigenvalue weighted by atomic mass is 16.4. The minimum absolute atomic E-state index is 0.188. The summed E-state index contributed by atoms with van der Waals surface area (Å²) in [5.74, 6) is -1.50. The van der Waals surface area contributed by atoms with Crippen LogP contribution in [0.1, 0.15) is 39.5 Å². The lowest BCUT2D eigenvalue weighted by molar-refractivity contribution is -0.141. The minimum atomic E-state index is -0.909. The number of likely N-dealkylation sites (N-methyl/N-ethyl adjacent to an activating group) is 1. The maximum Gasteiger partial charge on any atom is 0.319 e. The molecule has 0 heterocycles. The fourth-order valence-electron chi connectivity index (χ4n) is 2.69. The molecule has 2 amide bonds. The lowest BCUT2D eigenvalue weighted by atomic mass is 10.0. The second kappa shape index (κ2) is 6.92. The van der Waals surface area contributed by atoms with Gasteiger partial charge in [0.05, 0.1) is 18.1 Å². The molecule has 1 aliphatic rings. The number of urea groups is 1. The number of carbonyl (C=O) groups is 2. The van der Waals surface area contributed by atoms with Crippen LogP contribution in [0.5, 0.6) is 0 Å². The van der Waals surface area contributed by atoms with Crippen LogP contribution in [0.3, 0.4) is 0 Å². The van der Waals surface area contributed by atoms with Gasteiger partial charge in [-0.15, -0.1) is 0 Å². The Morgan fingerprint density at radius 1 is 1.30 bits per heavy atom. The molecule has 6 heteroatoms. The standard InChI is InChI=1S/C14H26N2O4/c1-4-16(9-11(2)12(17)18)13(19)15(3)10-14(20)7-5-6-8-14/h11,20H,4-10H2,1-3H3,(H,17,18). The quantitative estimate of drug-likeness (QED) is 0.773. The monoisotopic (exact) mass is 286 g/mol. The molecular formula is C14H26N2O4. The van der Waals surface area contributed by atoms with Crippen molar-refractivity contribution in [2.45, 2.75) is 45.1 Å². The molecule has 1 aliphatic carbocycles. The van der Waals surface area contributed by atoms with Crippen LogP contribution in [0, 0.1) is 5.92 Å². The van der Waals surface area contributed by atoms with Crippen molar-refractivity contribution < 1.29 is 19.8 Å². The molecule has 1 unspecified atom stereocenters. The summed E-state index contributed by atoms with van der Waals surface area (Å²) in [5, 5.41) is 19.3. The molecule has 0 spiro atoms. The summed E-state index contributed by atoms with van der Waals surface area (Å²) in [5.41, 5.74) is -0.776. The normalized spacial score (nSPS) is 18.6. The van der Waals surface area contributed by atoms with Gasteiger partial charge >= 0.3 is 12.0 Å². The van der Waals surface area contributed by atoms with Gasteiger partial charge in [-0.25, -0.2) is 4.79 Å². The predicted molar refractivity (Wildman–Crippen MR) is 75.5 cm³/mol. The van der Waals surface area contributed by atoms with Gasteiger partial charge in [-0.1, -0.05) is 19.8 Å². The molecule has 0 bridgehead atoms. The van der Waals surface area contributed by atoms with E-state index in [1.165, 1.54) is 9.80 Å². The average molecular weight is 286 g/mol. The zero-order valence-electron chi connectivity index (χ0n) is 12.6. The summed E-state index contributed by atoms with van der Waals surface area (Å²) >= 11 is 0. The van der Waals surface area contributed by atoms with Crippen LogP contribution in [-0.4, -0.2) is 64.3 Å². The molecule has 0 aromatic carbocycles. The number of nitrogens with zero attached hydrogens (tertiary/aromatic N) is 2. The van der Waals surface area contributed by atoms with Gasteiger partial charge in [0.15, 0.2) is 0 Å². The largest absolute Gasteiger partial charge is 0.481 e. The van der Waals surface area contributed by atoms with Crippen LogP contribution in [0.2, 0.25) is 0 Å². The Morgan fingerprint density at radius 3 is 2.30 bits per heavy atom. The molecule has 1 fully saturated rings. The first-order valence-corrected chi connectivity index (χ1v) is 7.24. The maximum absolute atomic E-state index is 12.3. The van der Waals surface area contributed by atoms with E-state index in [-0.39, 0.29) is 12.6 Å². The minimum Gasteiger partial charge on any atom is -0.481 e. The Morgan fingerprint density at radius 2 is 1.85 bits per heavy atom. The predicted octanol–water partition coefficient (Wildman–Crippen LogP) is 1.39. The number of hydrogen-bond acceptors (Lipinski definition) is 3. The second-order valence-corrected chi connectivity index (χ2v) is 5.85. The van der Waals surface area contributed by atoms with Crippen LogP contribution < -0.4 is 0 Å². The number of aliphatic carboxylic acids is 1. The topological polar surface area (TPSA) is 81.1 Å². The van der Waals surface area contributed by atoms with Crippen LogP contribution >= 0.6 is 0 Å². The van der Waals surface area contributed by atoms with Gasteiger partial charge in [0, 0.05) is 20.1 Å². The van der Waals surface area contributed by atoms with Gasteiger partial charge in [-0.3, -0.25) is 4.79 Å². The molecule has 6 nitrogen and oxygen atoms in total. The lowest BCUT2D eigenvalue weighted by Crippen LogP contribution is -2.49. The van der Waals surface area contributed by atoms with E-state index < -0.39 is 17.5 Å². The van der Waals surface area contributed by atoms with E-state index in [1.54, 1.807) is 14.0 Å². The molecule has 1 rings (SSSR count). The first-order chi connectivity index (χ1) is 9.29. The Balaban J connectivity index is 2.58. The lowest BCUT2D eigenvalue weighted by Gasteiger charge is -2.33. The van der Waals surface area contributed by atoms with Crippen LogP contribution in [-0.2, 0) is 4.79 Å². The summed E-state index contributed by atoms with van der Waals surface area (Å²) in [7, 11) is 1.66. The van der Waals surface area contributed by atoms with Crippen LogP contribution in [0.15, 0.2) is 0 Å². The molecule has 0 aromatic rings. The van der Waals surface area contributed by atoms with Crippen LogP contribution in [0.4, 0.5) is 4.79 Å². The van der Waals surface area contributed by atoms with Crippen molar-refractivity contribution in [3.05, 3.63) is 0 Å². The fraction of sp³-hybridized carbons (Fsp3) is 0.857. The van der Waals surface area contributed by atoms with Crippen molar-refractivity contribution >= 4 is 12.0 Å². The summed E-state index contributed by atoms with van der Waals surface area (Å²) in [6.45, 7) is 4.36. The van der Waals surface area contributed by atoms with Gasteiger partial charge in [-0.2, -0.15) is 0 Å².